The minimum absolute atomic E-state index is 0.00192. The van der Waals surface area contributed by atoms with E-state index in [-0.39, 0.29) is 11.7 Å². The molecule has 0 spiro atoms. The number of hydrogen-bond acceptors (Lipinski definition) is 1. The van der Waals surface area contributed by atoms with Crippen LogP contribution in [0.15, 0.2) is 6.07 Å². The van der Waals surface area contributed by atoms with Gasteiger partial charge in [-0.15, -0.1) is 0 Å². The fraction of sp³-hybridized carbons (Fsp3) is 0.600. The molecule has 1 aromatic carbocycles. The first-order valence-electron chi connectivity index (χ1n) is 6.57. The van der Waals surface area contributed by atoms with Crippen LogP contribution in [0, 0.1) is 24.5 Å². The van der Waals surface area contributed by atoms with Gasteiger partial charge in [-0.05, 0) is 48.8 Å². The van der Waals surface area contributed by atoms with E-state index in [4.69, 9.17) is 4.74 Å². The molecule has 0 N–H and O–H groups in total. The van der Waals surface area contributed by atoms with E-state index in [1.165, 1.54) is 7.11 Å². The third-order valence-electron chi connectivity index (χ3n) is 4.06. The zero-order valence-electron chi connectivity index (χ0n) is 11.2. The van der Waals surface area contributed by atoms with Gasteiger partial charge < -0.3 is 4.74 Å². The maximum atomic E-state index is 14.1. The summed E-state index contributed by atoms with van der Waals surface area (Å²) < 4.78 is 32.8. The summed E-state index contributed by atoms with van der Waals surface area (Å²) in [4.78, 5) is 0. The van der Waals surface area contributed by atoms with Gasteiger partial charge in [-0.1, -0.05) is 19.8 Å². The van der Waals surface area contributed by atoms with Crippen molar-refractivity contribution in [3.8, 4) is 5.75 Å². The summed E-state index contributed by atoms with van der Waals surface area (Å²) in [5, 5.41) is 0. The Balaban J connectivity index is 2.36. The van der Waals surface area contributed by atoms with E-state index in [1.54, 1.807) is 6.07 Å². The first-order valence-corrected chi connectivity index (χ1v) is 6.57. The molecule has 1 aliphatic carbocycles. The summed E-state index contributed by atoms with van der Waals surface area (Å²) in [5.41, 5.74) is 1.35. The lowest BCUT2D eigenvalue weighted by Crippen LogP contribution is -2.14. The minimum atomic E-state index is -0.850. The van der Waals surface area contributed by atoms with Crippen LogP contribution in [0.4, 0.5) is 8.78 Å². The van der Waals surface area contributed by atoms with Gasteiger partial charge in [0.2, 0.25) is 5.82 Å². The topological polar surface area (TPSA) is 9.23 Å². The Kier molecular flexibility index (Phi) is 3.88. The Labute approximate surface area is 107 Å². The largest absolute Gasteiger partial charge is 0.494 e. The average Bonchev–Trinajstić information content (AvgIpc) is 2.36. The number of aryl methyl sites for hydroxylation is 1. The standard InChI is InChI=1S/C15H20F2O/c1-9-4-6-11(7-5-9)13-10(2)8-12(18-3)14(16)15(13)17/h8-9,11H,4-7H2,1-3H3. The van der Waals surface area contributed by atoms with Crippen LogP contribution in [-0.2, 0) is 0 Å². The highest BCUT2D eigenvalue weighted by Crippen LogP contribution is 2.40. The number of ether oxygens (including phenoxy) is 1. The van der Waals surface area contributed by atoms with Gasteiger partial charge in [-0.3, -0.25) is 0 Å². The predicted molar refractivity (Wildman–Crippen MR) is 68.0 cm³/mol. The first kappa shape index (κ1) is 13.3. The molecule has 0 unspecified atom stereocenters. The Hall–Kier alpha value is -1.12. The molecule has 0 radical (unpaired) electrons. The first-order chi connectivity index (χ1) is 8.54. The summed E-state index contributed by atoms with van der Waals surface area (Å²) in [7, 11) is 1.36. The van der Waals surface area contributed by atoms with Crippen LogP contribution < -0.4 is 4.74 Å². The van der Waals surface area contributed by atoms with E-state index >= 15 is 0 Å². The lowest BCUT2D eigenvalue weighted by Gasteiger charge is -2.28. The molecule has 100 valence electrons. The molecule has 1 aliphatic rings. The van der Waals surface area contributed by atoms with E-state index in [2.05, 4.69) is 6.92 Å². The van der Waals surface area contributed by atoms with Gasteiger partial charge >= 0.3 is 0 Å². The van der Waals surface area contributed by atoms with Crippen molar-refractivity contribution in [2.45, 2.75) is 45.4 Å². The molecular weight excluding hydrogens is 234 g/mol. The number of halogens is 2. The van der Waals surface area contributed by atoms with E-state index < -0.39 is 11.6 Å². The fourth-order valence-electron chi connectivity index (χ4n) is 2.94. The molecule has 0 atom stereocenters. The van der Waals surface area contributed by atoms with E-state index in [1.807, 2.05) is 6.92 Å². The second-order valence-electron chi connectivity index (χ2n) is 5.39. The van der Waals surface area contributed by atoms with Crippen molar-refractivity contribution in [1.29, 1.82) is 0 Å². The highest BCUT2D eigenvalue weighted by Gasteiger charge is 2.26. The molecule has 0 aromatic heterocycles. The van der Waals surface area contributed by atoms with Crippen molar-refractivity contribution >= 4 is 0 Å². The van der Waals surface area contributed by atoms with E-state index in [0.717, 1.165) is 31.2 Å². The van der Waals surface area contributed by atoms with E-state index in [0.29, 0.717) is 11.5 Å². The van der Waals surface area contributed by atoms with Crippen LogP contribution in [0.3, 0.4) is 0 Å². The summed E-state index contributed by atoms with van der Waals surface area (Å²) in [6.45, 7) is 4.05. The van der Waals surface area contributed by atoms with Gasteiger partial charge in [0.15, 0.2) is 11.6 Å². The lowest BCUT2D eigenvalue weighted by atomic mass is 9.78. The molecule has 0 heterocycles. The van der Waals surface area contributed by atoms with Gasteiger partial charge in [0, 0.05) is 0 Å². The summed E-state index contributed by atoms with van der Waals surface area (Å²) >= 11 is 0. The average molecular weight is 254 g/mol. The van der Waals surface area contributed by atoms with Crippen LogP contribution in [0.1, 0.15) is 49.7 Å². The SMILES string of the molecule is COc1cc(C)c(C2CCC(C)CC2)c(F)c1F. The summed E-state index contributed by atoms with van der Waals surface area (Å²) in [6.07, 6.45) is 4.09. The highest BCUT2D eigenvalue weighted by molar-refractivity contribution is 5.39. The minimum Gasteiger partial charge on any atom is -0.494 e. The number of rotatable bonds is 2. The summed E-state index contributed by atoms with van der Waals surface area (Å²) in [6, 6.07) is 1.60. The van der Waals surface area contributed by atoms with Crippen molar-refractivity contribution in [3.05, 3.63) is 28.8 Å². The Morgan fingerprint density at radius 1 is 1.11 bits per heavy atom. The van der Waals surface area contributed by atoms with Crippen molar-refractivity contribution < 1.29 is 13.5 Å². The predicted octanol–water partition coefficient (Wildman–Crippen LogP) is 4.58. The molecule has 0 bridgehead atoms. The third kappa shape index (κ3) is 2.36. The second-order valence-corrected chi connectivity index (χ2v) is 5.39. The lowest BCUT2D eigenvalue weighted by molar-refractivity contribution is 0.332. The van der Waals surface area contributed by atoms with Crippen molar-refractivity contribution in [2.75, 3.05) is 7.11 Å². The molecule has 2 rings (SSSR count). The smallest absolute Gasteiger partial charge is 0.200 e. The summed E-state index contributed by atoms with van der Waals surface area (Å²) in [5.74, 6) is -0.713. The van der Waals surface area contributed by atoms with E-state index in [9.17, 15) is 8.78 Å². The molecule has 0 amide bonds. The quantitative estimate of drug-likeness (QED) is 0.751. The van der Waals surface area contributed by atoms with Crippen LogP contribution >= 0.6 is 0 Å². The maximum Gasteiger partial charge on any atom is 0.200 e. The molecule has 1 nitrogen and oxygen atoms in total. The zero-order valence-corrected chi connectivity index (χ0v) is 11.2. The molecule has 0 aliphatic heterocycles. The Morgan fingerprint density at radius 2 is 1.72 bits per heavy atom. The van der Waals surface area contributed by atoms with Crippen LogP contribution in [0.25, 0.3) is 0 Å². The number of methoxy groups -OCH3 is 1. The normalized spacial score (nSPS) is 24.1. The van der Waals surface area contributed by atoms with Crippen molar-refractivity contribution in [2.24, 2.45) is 5.92 Å². The fourth-order valence-corrected chi connectivity index (χ4v) is 2.94. The van der Waals surface area contributed by atoms with Gasteiger partial charge in [-0.2, -0.15) is 4.39 Å². The maximum absolute atomic E-state index is 14.1. The van der Waals surface area contributed by atoms with Gasteiger partial charge in [-0.25, -0.2) is 4.39 Å². The van der Waals surface area contributed by atoms with Gasteiger partial charge in [0.1, 0.15) is 0 Å². The molecule has 1 saturated carbocycles. The van der Waals surface area contributed by atoms with Gasteiger partial charge in [0.05, 0.1) is 7.11 Å². The van der Waals surface area contributed by atoms with Crippen LogP contribution in [0.2, 0.25) is 0 Å². The highest BCUT2D eigenvalue weighted by atomic mass is 19.2. The Morgan fingerprint density at radius 3 is 2.28 bits per heavy atom. The molecule has 18 heavy (non-hydrogen) atoms. The third-order valence-corrected chi connectivity index (χ3v) is 4.06. The van der Waals surface area contributed by atoms with Crippen molar-refractivity contribution in [3.63, 3.8) is 0 Å². The zero-order chi connectivity index (χ0) is 13.3. The van der Waals surface area contributed by atoms with Crippen LogP contribution in [0.5, 0.6) is 5.75 Å². The van der Waals surface area contributed by atoms with Crippen LogP contribution in [-0.4, -0.2) is 7.11 Å². The molecule has 1 fully saturated rings. The molecular formula is C15H20F2O. The Bertz CT molecular complexity index is 435. The monoisotopic (exact) mass is 254 g/mol. The molecule has 3 heteroatoms. The van der Waals surface area contributed by atoms with Gasteiger partial charge in [0.25, 0.3) is 0 Å². The molecule has 1 aromatic rings. The number of benzene rings is 1. The van der Waals surface area contributed by atoms with Crippen molar-refractivity contribution in [1.82, 2.24) is 0 Å². The number of hydrogen-bond donors (Lipinski definition) is 0. The molecule has 0 saturated heterocycles. The second kappa shape index (κ2) is 5.25.